The Bertz CT molecular complexity index is 424. The topological polar surface area (TPSA) is 32.3 Å². The van der Waals surface area contributed by atoms with Gasteiger partial charge in [-0.3, -0.25) is 4.79 Å². The molecule has 20 heavy (non-hydrogen) atoms. The Kier molecular flexibility index (Phi) is 6.05. The Hall–Kier alpha value is -0.870. The van der Waals surface area contributed by atoms with Crippen LogP contribution in [0.1, 0.15) is 54.1 Å². The number of nitrogens with one attached hydrogen (secondary N) is 1. The van der Waals surface area contributed by atoms with Gasteiger partial charge in [0.15, 0.2) is 0 Å². The molecule has 0 spiro atoms. The van der Waals surface area contributed by atoms with Crippen LogP contribution in [0.5, 0.6) is 0 Å². The molecule has 112 valence electrons. The minimum Gasteiger partial charge on any atom is -0.336 e. The first-order valence-electron chi connectivity index (χ1n) is 7.86. The van der Waals surface area contributed by atoms with Crippen LogP contribution in [-0.4, -0.2) is 36.5 Å². The molecule has 3 nitrogen and oxygen atoms in total. The Morgan fingerprint density at radius 2 is 2.30 bits per heavy atom. The Labute approximate surface area is 126 Å². The number of carbonyl (C=O) groups is 1. The van der Waals surface area contributed by atoms with E-state index in [0.29, 0.717) is 6.04 Å². The largest absolute Gasteiger partial charge is 0.336 e. The summed E-state index contributed by atoms with van der Waals surface area (Å²) in [4.78, 5) is 16.9. The van der Waals surface area contributed by atoms with Crippen molar-refractivity contribution in [2.45, 2.75) is 52.0 Å². The van der Waals surface area contributed by atoms with Crippen LogP contribution in [0, 0.1) is 0 Å². The van der Waals surface area contributed by atoms with Crippen molar-refractivity contribution in [3.63, 3.8) is 0 Å². The van der Waals surface area contributed by atoms with Crippen molar-refractivity contribution in [1.29, 1.82) is 0 Å². The van der Waals surface area contributed by atoms with E-state index in [0.717, 1.165) is 43.8 Å². The molecule has 4 heteroatoms. The number of nitrogens with zero attached hydrogens (tertiary/aromatic N) is 1. The van der Waals surface area contributed by atoms with Crippen molar-refractivity contribution in [2.75, 3.05) is 19.6 Å². The van der Waals surface area contributed by atoms with Crippen molar-refractivity contribution in [1.82, 2.24) is 10.2 Å². The summed E-state index contributed by atoms with van der Waals surface area (Å²) in [6.45, 7) is 7.15. The molecule has 1 saturated heterocycles. The molecule has 1 fully saturated rings. The van der Waals surface area contributed by atoms with Crippen LogP contribution >= 0.6 is 11.3 Å². The lowest BCUT2D eigenvalue weighted by Gasteiger charge is -2.25. The second-order valence-corrected chi connectivity index (χ2v) is 6.69. The molecule has 1 amide bonds. The van der Waals surface area contributed by atoms with Gasteiger partial charge in [0.2, 0.25) is 0 Å². The lowest BCUT2D eigenvalue weighted by atomic mass is 10.2. The van der Waals surface area contributed by atoms with Crippen molar-refractivity contribution in [2.24, 2.45) is 0 Å². The van der Waals surface area contributed by atoms with Crippen LogP contribution in [-0.2, 0) is 6.42 Å². The minimum atomic E-state index is 0.219. The molecule has 1 aliphatic rings. The van der Waals surface area contributed by atoms with Crippen molar-refractivity contribution in [3.8, 4) is 0 Å². The van der Waals surface area contributed by atoms with E-state index in [2.05, 4.69) is 30.1 Å². The highest BCUT2D eigenvalue weighted by Crippen LogP contribution is 2.20. The minimum absolute atomic E-state index is 0.219. The van der Waals surface area contributed by atoms with E-state index in [1.807, 2.05) is 6.07 Å². The average Bonchev–Trinajstić information content (AvgIpc) is 3.13. The van der Waals surface area contributed by atoms with E-state index in [1.165, 1.54) is 17.7 Å². The number of carbonyl (C=O) groups excluding carboxylic acids is 1. The third-order valence-corrected chi connectivity index (χ3v) is 5.11. The first-order chi connectivity index (χ1) is 9.74. The molecule has 0 saturated carbocycles. The summed E-state index contributed by atoms with van der Waals surface area (Å²) in [6, 6.07) is 4.57. The number of hydrogen-bond donors (Lipinski definition) is 1. The summed E-state index contributed by atoms with van der Waals surface area (Å²) < 4.78 is 0. The number of aryl methyl sites for hydroxylation is 1. The van der Waals surface area contributed by atoms with E-state index in [4.69, 9.17) is 0 Å². The van der Waals surface area contributed by atoms with Gasteiger partial charge in [0.05, 0.1) is 4.88 Å². The fourth-order valence-electron chi connectivity index (χ4n) is 2.64. The molecule has 1 aromatic heterocycles. The third-order valence-electron chi connectivity index (χ3n) is 3.89. The molecule has 0 bridgehead atoms. The predicted octanol–water partition coefficient (Wildman–Crippen LogP) is 3.30. The third kappa shape index (κ3) is 4.06. The fourth-order valence-corrected chi connectivity index (χ4v) is 3.56. The zero-order valence-corrected chi connectivity index (χ0v) is 13.5. The second kappa shape index (κ2) is 7.79. The summed E-state index contributed by atoms with van der Waals surface area (Å²) in [6.07, 6.45) is 5.66. The summed E-state index contributed by atoms with van der Waals surface area (Å²) in [5.41, 5.74) is 0. The molecule has 2 rings (SSSR count). The molecule has 2 heterocycles. The summed E-state index contributed by atoms with van der Waals surface area (Å²) >= 11 is 1.65. The number of unbranched alkanes of at least 4 members (excludes halogenated alkanes) is 1. The van der Waals surface area contributed by atoms with E-state index >= 15 is 0 Å². The van der Waals surface area contributed by atoms with Gasteiger partial charge in [-0.05, 0) is 44.4 Å². The lowest BCUT2D eigenvalue weighted by molar-refractivity contribution is 0.0744. The number of thiophene rings is 1. The van der Waals surface area contributed by atoms with Crippen LogP contribution in [0.4, 0.5) is 0 Å². The first-order valence-corrected chi connectivity index (χ1v) is 8.67. The van der Waals surface area contributed by atoms with Crippen molar-refractivity contribution >= 4 is 17.2 Å². The summed E-state index contributed by atoms with van der Waals surface area (Å²) in [5.74, 6) is 0.219. The smallest absolute Gasteiger partial charge is 0.263 e. The molecule has 1 unspecified atom stereocenters. The summed E-state index contributed by atoms with van der Waals surface area (Å²) in [7, 11) is 0. The van der Waals surface area contributed by atoms with Gasteiger partial charge in [-0.15, -0.1) is 11.3 Å². The van der Waals surface area contributed by atoms with Gasteiger partial charge >= 0.3 is 0 Å². The number of hydrogen-bond acceptors (Lipinski definition) is 3. The molecule has 1 aliphatic heterocycles. The number of rotatable bonds is 7. The Balaban J connectivity index is 2.01. The van der Waals surface area contributed by atoms with Crippen LogP contribution in [0.15, 0.2) is 12.1 Å². The molecule has 1 aromatic rings. The van der Waals surface area contributed by atoms with Gasteiger partial charge in [-0.2, -0.15) is 0 Å². The highest BCUT2D eigenvalue weighted by atomic mass is 32.1. The van der Waals surface area contributed by atoms with Crippen molar-refractivity contribution in [3.05, 3.63) is 21.9 Å². The highest BCUT2D eigenvalue weighted by molar-refractivity contribution is 7.14. The SMILES string of the molecule is CCCCN(CC1CCCN1)C(=O)c1ccc(CC)s1. The van der Waals surface area contributed by atoms with Gasteiger partial charge in [-0.25, -0.2) is 0 Å². The fraction of sp³-hybridized carbons (Fsp3) is 0.688. The van der Waals surface area contributed by atoms with Crippen LogP contribution in [0.3, 0.4) is 0 Å². The summed E-state index contributed by atoms with van der Waals surface area (Å²) in [5, 5.41) is 3.50. The standard InChI is InChI=1S/C16H26N2OS/c1-3-5-11-18(12-13-7-6-10-17-13)16(19)15-9-8-14(4-2)20-15/h8-9,13,17H,3-7,10-12H2,1-2H3. The predicted molar refractivity (Wildman–Crippen MR) is 85.5 cm³/mol. The van der Waals surface area contributed by atoms with Crippen LogP contribution < -0.4 is 5.32 Å². The molecule has 0 aliphatic carbocycles. The molecular formula is C16H26N2OS. The van der Waals surface area contributed by atoms with E-state index in [9.17, 15) is 4.79 Å². The second-order valence-electron chi connectivity index (χ2n) is 5.52. The van der Waals surface area contributed by atoms with Crippen molar-refractivity contribution < 1.29 is 4.79 Å². The zero-order valence-electron chi connectivity index (χ0n) is 12.7. The Morgan fingerprint density at radius 1 is 1.45 bits per heavy atom. The zero-order chi connectivity index (χ0) is 14.4. The quantitative estimate of drug-likeness (QED) is 0.837. The normalized spacial score (nSPS) is 18.4. The van der Waals surface area contributed by atoms with Gasteiger partial charge in [-0.1, -0.05) is 20.3 Å². The van der Waals surface area contributed by atoms with Gasteiger partial charge in [0, 0.05) is 24.0 Å². The Morgan fingerprint density at radius 3 is 2.90 bits per heavy atom. The lowest BCUT2D eigenvalue weighted by Crippen LogP contribution is -2.41. The van der Waals surface area contributed by atoms with Crippen LogP contribution in [0.25, 0.3) is 0 Å². The molecule has 0 aromatic carbocycles. The molecule has 1 N–H and O–H groups in total. The maximum atomic E-state index is 12.7. The van der Waals surface area contributed by atoms with E-state index in [1.54, 1.807) is 11.3 Å². The van der Waals surface area contributed by atoms with Gasteiger partial charge < -0.3 is 10.2 Å². The molecule has 0 radical (unpaired) electrons. The molecule has 1 atom stereocenters. The molecular weight excluding hydrogens is 268 g/mol. The maximum absolute atomic E-state index is 12.7. The van der Waals surface area contributed by atoms with Crippen LogP contribution in [0.2, 0.25) is 0 Å². The highest BCUT2D eigenvalue weighted by Gasteiger charge is 2.22. The maximum Gasteiger partial charge on any atom is 0.263 e. The monoisotopic (exact) mass is 294 g/mol. The van der Waals surface area contributed by atoms with Gasteiger partial charge in [0.25, 0.3) is 5.91 Å². The van der Waals surface area contributed by atoms with E-state index < -0.39 is 0 Å². The first kappa shape index (κ1) is 15.5. The number of amides is 1. The van der Waals surface area contributed by atoms with E-state index in [-0.39, 0.29) is 5.91 Å². The van der Waals surface area contributed by atoms with Gasteiger partial charge in [0.1, 0.15) is 0 Å². The average molecular weight is 294 g/mol.